The molecule has 0 atom stereocenters. The molecule has 3 heterocycles. The standard InChI is InChI=1S/C26H26F2N6O.C4H6O/c1-30-17-8-5-15(6-9-17)22-20(21-24(29)31-14-32-25(21)33(22)2)18-10-7-16(13-19(18)23(27)28)26(35)34-11-3-4-12-34;1-4(2)3-5/h5-10,13-14,23,30H,3-4,11-12H2,1-2H3,(H2,29,31,32);3H,1H2,2H3. The number of aldehydes is 1. The molecule has 8 nitrogen and oxygen atoms in total. The second kappa shape index (κ2) is 12.1. The van der Waals surface area contributed by atoms with Gasteiger partial charge in [0.1, 0.15) is 24.1 Å². The summed E-state index contributed by atoms with van der Waals surface area (Å²) in [6.07, 6.45) is 1.14. The molecule has 0 spiro atoms. The first-order chi connectivity index (χ1) is 19.2. The number of anilines is 2. The average molecular weight is 547 g/mol. The lowest BCUT2D eigenvalue weighted by Gasteiger charge is -2.18. The lowest BCUT2D eigenvalue weighted by molar-refractivity contribution is -0.104. The lowest BCUT2D eigenvalue weighted by Crippen LogP contribution is -2.27. The van der Waals surface area contributed by atoms with Gasteiger partial charge in [-0.2, -0.15) is 0 Å². The fraction of sp³-hybridized carbons (Fsp3) is 0.267. The van der Waals surface area contributed by atoms with Crippen LogP contribution in [0.1, 0.15) is 42.1 Å². The smallest absolute Gasteiger partial charge is 0.264 e. The fourth-order valence-electron chi connectivity index (χ4n) is 4.88. The van der Waals surface area contributed by atoms with Crippen molar-refractivity contribution < 1.29 is 18.4 Å². The first-order valence-corrected chi connectivity index (χ1v) is 12.9. The van der Waals surface area contributed by atoms with Crippen LogP contribution in [0.2, 0.25) is 0 Å². The molecule has 0 radical (unpaired) electrons. The number of halogens is 2. The Morgan fingerprint density at radius 3 is 2.35 bits per heavy atom. The highest BCUT2D eigenvalue weighted by atomic mass is 19.3. The zero-order valence-corrected chi connectivity index (χ0v) is 22.7. The Morgan fingerprint density at radius 2 is 1.77 bits per heavy atom. The average Bonchev–Trinajstić information content (AvgIpc) is 3.60. The van der Waals surface area contributed by atoms with Crippen molar-refractivity contribution in [2.45, 2.75) is 26.2 Å². The Balaban J connectivity index is 0.000000681. The second-order valence-corrected chi connectivity index (χ2v) is 9.63. The third-order valence-electron chi connectivity index (χ3n) is 6.84. The van der Waals surface area contributed by atoms with E-state index in [2.05, 4.69) is 21.9 Å². The number of alkyl halides is 2. The van der Waals surface area contributed by atoms with Crippen molar-refractivity contribution in [1.82, 2.24) is 19.4 Å². The summed E-state index contributed by atoms with van der Waals surface area (Å²) in [5, 5.41) is 3.58. The molecule has 3 N–H and O–H groups in total. The topological polar surface area (TPSA) is 106 Å². The van der Waals surface area contributed by atoms with Gasteiger partial charge in [0, 0.05) is 49.6 Å². The minimum atomic E-state index is -2.79. The van der Waals surface area contributed by atoms with E-state index in [-0.39, 0.29) is 22.9 Å². The molecule has 0 aliphatic carbocycles. The molecule has 1 amide bonds. The number of fused-ring (bicyclic) bond motifs is 1. The van der Waals surface area contributed by atoms with E-state index in [0.717, 1.165) is 30.4 Å². The minimum Gasteiger partial charge on any atom is -0.388 e. The van der Waals surface area contributed by atoms with Crippen LogP contribution in [0.15, 0.2) is 60.9 Å². The van der Waals surface area contributed by atoms with Crippen LogP contribution in [0, 0.1) is 0 Å². The molecule has 0 saturated carbocycles. The highest BCUT2D eigenvalue weighted by Gasteiger charge is 2.27. The molecule has 4 aromatic rings. The maximum atomic E-state index is 14.5. The number of benzene rings is 2. The van der Waals surface area contributed by atoms with Gasteiger partial charge in [0.25, 0.3) is 12.3 Å². The number of hydrogen-bond acceptors (Lipinski definition) is 6. The number of rotatable bonds is 6. The van der Waals surface area contributed by atoms with Crippen LogP contribution in [0.3, 0.4) is 0 Å². The molecule has 1 aliphatic heterocycles. The molecule has 5 rings (SSSR count). The van der Waals surface area contributed by atoms with E-state index in [1.54, 1.807) is 24.0 Å². The zero-order valence-electron chi connectivity index (χ0n) is 22.7. The number of nitrogens with two attached hydrogens (primary N) is 1. The number of aromatic nitrogens is 3. The van der Waals surface area contributed by atoms with Gasteiger partial charge in [0.15, 0.2) is 0 Å². The van der Waals surface area contributed by atoms with Crippen molar-refractivity contribution in [3.8, 4) is 22.4 Å². The molecular weight excluding hydrogens is 514 g/mol. The normalized spacial score (nSPS) is 12.8. The molecule has 2 aromatic carbocycles. The maximum Gasteiger partial charge on any atom is 0.264 e. The van der Waals surface area contributed by atoms with Crippen molar-refractivity contribution in [2.75, 3.05) is 31.2 Å². The summed E-state index contributed by atoms with van der Waals surface area (Å²) in [5.74, 6) is -0.0178. The van der Waals surface area contributed by atoms with Gasteiger partial charge in [-0.05, 0) is 60.7 Å². The predicted molar refractivity (Wildman–Crippen MR) is 154 cm³/mol. The molecule has 1 saturated heterocycles. The van der Waals surface area contributed by atoms with E-state index in [1.807, 2.05) is 42.9 Å². The van der Waals surface area contributed by atoms with Gasteiger partial charge in [-0.3, -0.25) is 9.59 Å². The lowest BCUT2D eigenvalue weighted by atomic mass is 9.93. The monoisotopic (exact) mass is 546 g/mol. The molecule has 1 aliphatic rings. The van der Waals surface area contributed by atoms with Crippen molar-refractivity contribution in [1.29, 1.82) is 0 Å². The van der Waals surface area contributed by atoms with E-state index >= 15 is 0 Å². The van der Waals surface area contributed by atoms with E-state index in [0.29, 0.717) is 46.5 Å². The molecule has 1 fully saturated rings. The van der Waals surface area contributed by atoms with Gasteiger partial charge in [-0.1, -0.05) is 24.8 Å². The van der Waals surface area contributed by atoms with Crippen LogP contribution in [-0.2, 0) is 11.8 Å². The van der Waals surface area contributed by atoms with E-state index in [1.165, 1.54) is 12.4 Å². The summed E-state index contributed by atoms with van der Waals surface area (Å²) >= 11 is 0. The Kier molecular flexibility index (Phi) is 8.57. The number of allylic oxidation sites excluding steroid dienone is 1. The van der Waals surface area contributed by atoms with Crippen molar-refractivity contribution in [3.63, 3.8) is 0 Å². The summed E-state index contributed by atoms with van der Waals surface area (Å²) in [6, 6.07) is 12.2. The van der Waals surface area contributed by atoms with Crippen molar-refractivity contribution in [2.24, 2.45) is 7.05 Å². The van der Waals surface area contributed by atoms with Crippen molar-refractivity contribution >= 4 is 34.7 Å². The number of nitrogen functional groups attached to an aromatic ring is 1. The Bertz CT molecular complexity index is 1560. The third-order valence-corrected chi connectivity index (χ3v) is 6.84. The highest BCUT2D eigenvalue weighted by molar-refractivity contribution is 6.08. The van der Waals surface area contributed by atoms with Gasteiger partial charge in [-0.15, -0.1) is 0 Å². The van der Waals surface area contributed by atoms with Crippen LogP contribution >= 0.6 is 0 Å². The molecule has 2 aromatic heterocycles. The number of amides is 1. The molecular formula is C30H32F2N6O2. The Morgan fingerprint density at radius 1 is 1.12 bits per heavy atom. The van der Waals surface area contributed by atoms with Crippen LogP contribution in [0.4, 0.5) is 20.3 Å². The molecule has 0 bridgehead atoms. The molecule has 40 heavy (non-hydrogen) atoms. The number of carbonyl (C=O) groups excluding carboxylic acids is 2. The van der Waals surface area contributed by atoms with E-state index in [9.17, 15) is 18.4 Å². The van der Waals surface area contributed by atoms with Crippen molar-refractivity contribution in [3.05, 3.63) is 72.1 Å². The van der Waals surface area contributed by atoms with E-state index in [4.69, 9.17) is 5.73 Å². The highest BCUT2D eigenvalue weighted by Crippen LogP contribution is 2.45. The van der Waals surface area contributed by atoms with Crippen LogP contribution in [0.5, 0.6) is 0 Å². The van der Waals surface area contributed by atoms with E-state index < -0.39 is 6.43 Å². The zero-order chi connectivity index (χ0) is 29.0. The van der Waals surface area contributed by atoms with Gasteiger partial charge in [-0.25, -0.2) is 18.7 Å². The molecule has 0 unspecified atom stereocenters. The molecule has 208 valence electrons. The summed E-state index contributed by atoms with van der Waals surface area (Å²) < 4.78 is 30.8. The number of nitrogens with zero attached hydrogens (tertiary/aromatic N) is 4. The molecule has 10 heteroatoms. The number of carbonyl (C=O) groups is 2. The Labute approximate surface area is 231 Å². The van der Waals surface area contributed by atoms with Gasteiger partial charge >= 0.3 is 0 Å². The second-order valence-electron chi connectivity index (χ2n) is 9.63. The quantitative estimate of drug-likeness (QED) is 0.232. The minimum absolute atomic E-state index is 0.205. The fourth-order valence-corrected chi connectivity index (χ4v) is 4.88. The van der Waals surface area contributed by atoms with Crippen LogP contribution < -0.4 is 11.1 Å². The summed E-state index contributed by atoms with van der Waals surface area (Å²) in [7, 11) is 3.65. The predicted octanol–water partition coefficient (Wildman–Crippen LogP) is 5.86. The number of likely N-dealkylation sites (tertiary alicyclic amines) is 1. The number of aryl methyl sites for hydroxylation is 1. The number of hydrogen-bond donors (Lipinski definition) is 2. The van der Waals surface area contributed by atoms with Crippen LogP contribution in [-0.4, -0.2) is 51.8 Å². The maximum absolute atomic E-state index is 14.5. The van der Waals surface area contributed by atoms with Gasteiger partial charge < -0.3 is 20.5 Å². The van der Waals surface area contributed by atoms with Crippen LogP contribution in [0.25, 0.3) is 33.4 Å². The third kappa shape index (κ3) is 5.56. The van der Waals surface area contributed by atoms with Gasteiger partial charge in [0.05, 0.1) is 11.1 Å². The van der Waals surface area contributed by atoms with Gasteiger partial charge in [0.2, 0.25) is 0 Å². The SMILES string of the molecule is C=C(C)C=O.CNc1ccc(-c2c(-c3ccc(C(=O)N4CCCC4)cc3C(F)F)c3c(N)ncnc3n2C)cc1. The first kappa shape index (κ1) is 28.4. The summed E-state index contributed by atoms with van der Waals surface area (Å²) in [4.78, 5) is 32.6. The summed E-state index contributed by atoms with van der Waals surface area (Å²) in [6.45, 7) is 6.26. The number of nitrogens with one attached hydrogen (secondary N) is 1. The Hall–Kier alpha value is -4.60. The largest absolute Gasteiger partial charge is 0.388 e. The first-order valence-electron chi connectivity index (χ1n) is 12.9. The summed E-state index contributed by atoms with van der Waals surface area (Å²) in [5.41, 5.74) is 10.7.